The summed E-state index contributed by atoms with van der Waals surface area (Å²) in [6.07, 6.45) is 5.65. The van der Waals surface area contributed by atoms with Crippen LogP contribution in [0.5, 0.6) is 0 Å². The number of nitrogens with one attached hydrogen (secondary N) is 1. The zero-order valence-electron chi connectivity index (χ0n) is 13.2. The summed E-state index contributed by atoms with van der Waals surface area (Å²) in [6.45, 7) is 7.66. The van der Waals surface area contributed by atoms with E-state index >= 15 is 0 Å². The summed E-state index contributed by atoms with van der Waals surface area (Å²) in [7, 11) is 0. The quantitative estimate of drug-likeness (QED) is 0.779. The van der Waals surface area contributed by atoms with Gasteiger partial charge in [0.2, 0.25) is 0 Å². The molecule has 2 aromatic heterocycles. The standard InChI is InChI=1S/C17H25N3S/c1-13(2)7-6-8-14(3)19-11-15-12-21-17(20-15)16-9-4-5-10-18-16/h4-5,9-10,12-14,19H,6-8,11H2,1-3H3. The van der Waals surface area contributed by atoms with E-state index < -0.39 is 0 Å². The Morgan fingerprint density at radius 3 is 2.76 bits per heavy atom. The Balaban J connectivity index is 1.78. The van der Waals surface area contributed by atoms with Crippen LogP contribution in [0.15, 0.2) is 29.8 Å². The molecule has 21 heavy (non-hydrogen) atoms. The molecule has 0 aromatic carbocycles. The summed E-state index contributed by atoms with van der Waals surface area (Å²) in [4.78, 5) is 9.00. The van der Waals surface area contributed by atoms with E-state index in [9.17, 15) is 0 Å². The summed E-state index contributed by atoms with van der Waals surface area (Å²) in [5.41, 5.74) is 2.06. The molecule has 0 saturated heterocycles. The van der Waals surface area contributed by atoms with E-state index in [4.69, 9.17) is 0 Å². The second kappa shape index (κ2) is 8.25. The molecule has 1 atom stereocenters. The van der Waals surface area contributed by atoms with E-state index in [-0.39, 0.29) is 0 Å². The number of hydrogen-bond acceptors (Lipinski definition) is 4. The van der Waals surface area contributed by atoms with Gasteiger partial charge in [0.15, 0.2) is 0 Å². The zero-order valence-corrected chi connectivity index (χ0v) is 14.0. The van der Waals surface area contributed by atoms with Gasteiger partial charge < -0.3 is 5.32 Å². The zero-order chi connectivity index (χ0) is 15.1. The van der Waals surface area contributed by atoms with Crippen molar-refractivity contribution in [1.82, 2.24) is 15.3 Å². The maximum absolute atomic E-state index is 4.65. The van der Waals surface area contributed by atoms with Crippen molar-refractivity contribution in [2.24, 2.45) is 5.92 Å². The normalized spacial score (nSPS) is 12.8. The van der Waals surface area contributed by atoms with E-state index in [1.54, 1.807) is 11.3 Å². The molecule has 4 heteroatoms. The van der Waals surface area contributed by atoms with Crippen LogP contribution < -0.4 is 5.32 Å². The minimum atomic E-state index is 0.545. The second-order valence-corrected chi connectivity index (χ2v) is 6.82. The fourth-order valence-electron chi connectivity index (χ4n) is 2.21. The summed E-state index contributed by atoms with van der Waals surface area (Å²) >= 11 is 1.66. The van der Waals surface area contributed by atoms with Gasteiger partial charge in [-0.2, -0.15) is 0 Å². The lowest BCUT2D eigenvalue weighted by Crippen LogP contribution is -2.25. The third-order valence-electron chi connectivity index (χ3n) is 3.49. The maximum Gasteiger partial charge on any atom is 0.142 e. The number of nitrogens with zero attached hydrogens (tertiary/aromatic N) is 2. The van der Waals surface area contributed by atoms with Crippen molar-refractivity contribution in [1.29, 1.82) is 0 Å². The van der Waals surface area contributed by atoms with E-state index in [1.165, 1.54) is 19.3 Å². The lowest BCUT2D eigenvalue weighted by molar-refractivity contribution is 0.455. The van der Waals surface area contributed by atoms with Crippen LogP contribution in [0.25, 0.3) is 10.7 Å². The van der Waals surface area contributed by atoms with Crippen LogP contribution in [0.3, 0.4) is 0 Å². The van der Waals surface area contributed by atoms with Crippen molar-refractivity contribution in [2.45, 2.75) is 52.6 Å². The third kappa shape index (κ3) is 5.56. The predicted octanol–water partition coefficient (Wildman–Crippen LogP) is 4.51. The second-order valence-electron chi connectivity index (χ2n) is 5.97. The highest BCUT2D eigenvalue weighted by Gasteiger charge is 2.07. The van der Waals surface area contributed by atoms with Gasteiger partial charge >= 0.3 is 0 Å². The molecule has 1 unspecified atom stereocenters. The van der Waals surface area contributed by atoms with Crippen LogP contribution in [0.4, 0.5) is 0 Å². The molecular weight excluding hydrogens is 278 g/mol. The molecule has 2 heterocycles. The minimum absolute atomic E-state index is 0.545. The molecular formula is C17H25N3S. The Bertz CT molecular complexity index is 522. The average Bonchev–Trinajstić information content (AvgIpc) is 2.94. The topological polar surface area (TPSA) is 37.8 Å². The van der Waals surface area contributed by atoms with Crippen LogP contribution in [-0.4, -0.2) is 16.0 Å². The monoisotopic (exact) mass is 303 g/mol. The average molecular weight is 303 g/mol. The lowest BCUT2D eigenvalue weighted by atomic mass is 10.0. The molecule has 114 valence electrons. The molecule has 0 bridgehead atoms. The smallest absolute Gasteiger partial charge is 0.142 e. The Morgan fingerprint density at radius 2 is 2.05 bits per heavy atom. The van der Waals surface area contributed by atoms with Gasteiger partial charge in [-0.3, -0.25) is 4.98 Å². The van der Waals surface area contributed by atoms with Gasteiger partial charge in [0, 0.05) is 24.2 Å². The highest BCUT2D eigenvalue weighted by molar-refractivity contribution is 7.13. The van der Waals surface area contributed by atoms with Crippen LogP contribution in [0.2, 0.25) is 0 Å². The molecule has 0 amide bonds. The molecule has 0 saturated carbocycles. The van der Waals surface area contributed by atoms with E-state index in [0.717, 1.165) is 28.9 Å². The Hall–Kier alpha value is -1.26. The molecule has 0 aliphatic heterocycles. The Morgan fingerprint density at radius 1 is 1.19 bits per heavy atom. The molecule has 2 rings (SSSR count). The highest BCUT2D eigenvalue weighted by Crippen LogP contribution is 2.21. The minimum Gasteiger partial charge on any atom is -0.309 e. The molecule has 0 radical (unpaired) electrons. The van der Waals surface area contributed by atoms with Gasteiger partial charge in [0.1, 0.15) is 5.01 Å². The Labute approximate surface area is 131 Å². The van der Waals surface area contributed by atoms with Crippen LogP contribution in [0, 0.1) is 5.92 Å². The largest absolute Gasteiger partial charge is 0.309 e. The van der Waals surface area contributed by atoms with E-state index in [2.05, 4.69) is 41.4 Å². The van der Waals surface area contributed by atoms with Crippen molar-refractivity contribution in [3.63, 3.8) is 0 Å². The van der Waals surface area contributed by atoms with Crippen LogP contribution in [0.1, 0.15) is 45.7 Å². The van der Waals surface area contributed by atoms with Gasteiger partial charge in [-0.25, -0.2) is 4.98 Å². The number of rotatable bonds is 8. The molecule has 2 aromatic rings. The van der Waals surface area contributed by atoms with Crippen LogP contribution >= 0.6 is 11.3 Å². The molecule has 0 fully saturated rings. The Kier molecular flexibility index (Phi) is 6.33. The van der Waals surface area contributed by atoms with Gasteiger partial charge in [-0.05, 0) is 31.4 Å². The van der Waals surface area contributed by atoms with Crippen molar-refractivity contribution in [3.8, 4) is 10.7 Å². The highest BCUT2D eigenvalue weighted by atomic mass is 32.1. The van der Waals surface area contributed by atoms with E-state index in [0.29, 0.717) is 6.04 Å². The molecule has 0 spiro atoms. The van der Waals surface area contributed by atoms with Crippen molar-refractivity contribution >= 4 is 11.3 Å². The maximum atomic E-state index is 4.65. The first-order valence-corrected chi connectivity index (χ1v) is 8.62. The molecule has 1 N–H and O–H groups in total. The predicted molar refractivity (Wildman–Crippen MR) is 90.3 cm³/mol. The van der Waals surface area contributed by atoms with Gasteiger partial charge in [0.05, 0.1) is 11.4 Å². The summed E-state index contributed by atoms with van der Waals surface area (Å²) in [5.74, 6) is 0.802. The fourth-order valence-corrected chi connectivity index (χ4v) is 3.00. The number of pyridine rings is 1. The van der Waals surface area contributed by atoms with Crippen molar-refractivity contribution in [2.75, 3.05) is 0 Å². The lowest BCUT2D eigenvalue weighted by Gasteiger charge is -2.13. The molecule has 0 aliphatic carbocycles. The van der Waals surface area contributed by atoms with Crippen molar-refractivity contribution < 1.29 is 0 Å². The first-order chi connectivity index (χ1) is 10.1. The third-order valence-corrected chi connectivity index (χ3v) is 4.40. The van der Waals surface area contributed by atoms with Crippen molar-refractivity contribution in [3.05, 3.63) is 35.5 Å². The SMILES string of the molecule is CC(C)CCCC(C)NCc1csc(-c2ccccn2)n1. The van der Waals surface area contributed by atoms with Gasteiger partial charge in [0.25, 0.3) is 0 Å². The first-order valence-electron chi connectivity index (χ1n) is 7.74. The number of aromatic nitrogens is 2. The molecule has 3 nitrogen and oxygen atoms in total. The first kappa shape index (κ1) is 16.1. The summed E-state index contributed by atoms with van der Waals surface area (Å²) in [5, 5.41) is 6.68. The fraction of sp³-hybridized carbons (Fsp3) is 0.529. The van der Waals surface area contributed by atoms with E-state index in [1.807, 2.05) is 24.4 Å². The van der Waals surface area contributed by atoms with Gasteiger partial charge in [-0.15, -0.1) is 11.3 Å². The summed E-state index contributed by atoms with van der Waals surface area (Å²) in [6, 6.07) is 6.48. The number of thiazole rings is 1. The van der Waals surface area contributed by atoms with Gasteiger partial charge in [-0.1, -0.05) is 32.8 Å². The molecule has 0 aliphatic rings. The van der Waals surface area contributed by atoms with Crippen LogP contribution in [-0.2, 0) is 6.54 Å². The number of hydrogen-bond donors (Lipinski definition) is 1. The summed E-state index contributed by atoms with van der Waals surface area (Å²) < 4.78 is 0.